The second kappa shape index (κ2) is 5.90. The van der Waals surface area contributed by atoms with Crippen LogP contribution in [0.1, 0.15) is 32.8 Å². The molecule has 0 amide bonds. The monoisotopic (exact) mass is 285 g/mol. The maximum Gasteiger partial charge on any atom is 0.164 e. The molecule has 0 bridgehead atoms. The Kier molecular flexibility index (Phi) is 3.99. The number of benzene rings is 1. The maximum absolute atomic E-state index is 12.3. The van der Waals surface area contributed by atoms with Crippen molar-refractivity contribution in [3.63, 3.8) is 0 Å². The molecule has 2 aromatic rings. The average molecular weight is 285 g/mol. The molecular formula is C17H19NOS. The molecule has 1 aliphatic rings. The van der Waals surface area contributed by atoms with E-state index in [-0.39, 0.29) is 5.78 Å². The number of thiophene rings is 1. The van der Waals surface area contributed by atoms with Crippen LogP contribution in [0.25, 0.3) is 0 Å². The van der Waals surface area contributed by atoms with Crippen molar-refractivity contribution < 1.29 is 4.79 Å². The highest BCUT2D eigenvalue weighted by atomic mass is 32.1. The lowest BCUT2D eigenvalue weighted by Crippen LogP contribution is -2.31. The van der Waals surface area contributed by atoms with Crippen LogP contribution < -0.4 is 0 Å². The van der Waals surface area contributed by atoms with Gasteiger partial charge in [-0.15, -0.1) is 11.3 Å². The first-order chi connectivity index (χ1) is 9.74. The van der Waals surface area contributed by atoms with E-state index < -0.39 is 0 Å². The molecule has 2 heterocycles. The van der Waals surface area contributed by atoms with Crippen molar-refractivity contribution in [3.8, 4) is 0 Å². The van der Waals surface area contributed by atoms with Gasteiger partial charge in [-0.1, -0.05) is 24.3 Å². The Morgan fingerprint density at radius 3 is 3.00 bits per heavy atom. The number of carbonyl (C=O) groups is 1. The minimum Gasteiger partial charge on any atom is -0.298 e. The fraction of sp³-hybridized carbons (Fsp3) is 0.353. The van der Waals surface area contributed by atoms with Crippen LogP contribution in [0.15, 0.2) is 35.7 Å². The number of nitrogens with zero attached hydrogens (tertiary/aromatic N) is 1. The summed E-state index contributed by atoms with van der Waals surface area (Å²) in [4.78, 5) is 16.2. The standard InChI is InChI=1S/C17H19NOS/c1-13-4-2-3-5-15(13)16(19)6-9-18-10-7-17-14(12-18)8-11-20-17/h2-5,8,11H,6-7,9-10,12H2,1H3. The summed E-state index contributed by atoms with van der Waals surface area (Å²) in [6, 6.07) is 10.1. The van der Waals surface area contributed by atoms with Gasteiger partial charge in [-0.2, -0.15) is 0 Å². The van der Waals surface area contributed by atoms with E-state index in [0.29, 0.717) is 6.42 Å². The predicted molar refractivity (Wildman–Crippen MR) is 83.4 cm³/mol. The molecule has 0 atom stereocenters. The van der Waals surface area contributed by atoms with Crippen LogP contribution in [0.5, 0.6) is 0 Å². The van der Waals surface area contributed by atoms with Gasteiger partial charge in [0.2, 0.25) is 0 Å². The molecule has 0 aliphatic carbocycles. The summed E-state index contributed by atoms with van der Waals surface area (Å²) < 4.78 is 0. The van der Waals surface area contributed by atoms with Gasteiger partial charge in [0.05, 0.1) is 0 Å². The predicted octanol–water partition coefficient (Wildman–Crippen LogP) is 3.69. The van der Waals surface area contributed by atoms with Crippen molar-refractivity contribution >= 4 is 17.1 Å². The SMILES string of the molecule is Cc1ccccc1C(=O)CCN1CCc2sccc2C1. The second-order valence-corrected chi connectivity index (χ2v) is 6.38. The number of carbonyl (C=O) groups excluding carboxylic acids is 1. The number of fused-ring (bicyclic) bond motifs is 1. The zero-order valence-corrected chi connectivity index (χ0v) is 12.6. The molecule has 104 valence electrons. The first kappa shape index (κ1) is 13.5. The minimum absolute atomic E-state index is 0.263. The Hall–Kier alpha value is -1.45. The molecule has 0 radical (unpaired) electrons. The van der Waals surface area contributed by atoms with Crippen molar-refractivity contribution in [2.24, 2.45) is 0 Å². The molecule has 1 aliphatic heterocycles. The molecular weight excluding hydrogens is 266 g/mol. The summed E-state index contributed by atoms with van der Waals surface area (Å²) in [6.07, 6.45) is 1.75. The van der Waals surface area contributed by atoms with Crippen molar-refractivity contribution in [1.82, 2.24) is 4.90 Å². The largest absolute Gasteiger partial charge is 0.298 e. The Bertz CT molecular complexity index is 617. The number of ketones is 1. The van der Waals surface area contributed by atoms with Gasteiger partial charge in [-0.3, -0.25) is 9.69 Å². The van der Waals surface area contributed by atoms with Crippen molar-refractivity contribution in [1.29, 1.82) is 0 Å². The van der Waals surface area contributed by atoms with E-state index in [1.54, 1.807) is 0 Å². The van der Waals surface area contributed by atoms with Crippen LogP contribution in [-0.2, 0) is 13.0 Å². The van der Waals surface area contributed by atoms with E-state index in [9.17, 15) is 4.79 Å². The molecule has 0 spiro atoms. The number of rotatable bonds is 4. The highest BCUT2D eigenvalue weighted by Crippen LogP contribution is 2.24. The molecule has 1 aromatic carbocycles. The van der Waals surface area contributed by atoms with E-state index in [4.69, 9.17) is 0 Å². The van der Waals surface area contributed by atoms with Crippen LogP contribution in [0.3, 0.4) is 0 Å². The molecule has 20 heavy (non-hydrogen) atoms. The summed E-state index contributed by atoms with van der Waals surface area (Å²) in [6.45, 7) is 4.95. The van der Waals surface area contributed by atoms with Crippen molar-refractivity contribution in [3.05, 3.63) is 57.3 Å². The van der Waals surface area contributed by atoms with Crippen LogP contribution in [0.2, 0.25) is 0 Å². The Morgan fingerprint density at radius 2 is 2.15 bits per heavy atom. The van der Waals surface area contributed by atoms with E-state index in [2.05, 4.69) is 16.3 Å². The minimum atomic E-state index is 0.263. The first-order valence-electron chi connectivity index (χ1n) is 7.10. The Morgan fingerprint density at radius 1 is 1.30 bits per heavy atom. The molecule has 0 unspecified atom stereocenters. The molecule has 1 aromatic heterocycles. The molecule has 3 rings (SSSR count). The maximum atomic E-state index is 12.3. The molecule has 3 heteroatoms. The summed E-state index contributed by atoms with van der Waals surface area (Å²) in [7, 11) is 0. The lowest BCUT2D eigenvalue weighted by molar-refractivity contribution is 0.0960. The summed E-state index contributed by atoms with van der Waals surface area (Å²) in [5.41, 5.74) is 3.40. The normalized spacial score (nSPS) is 15.1. The highest BCUT2D eigenvalue weighted by Gasteiger charge is 2.18. The van der Waals surface area contributed by atoms with Crippen molar-refractivity contribution in [2.75, 3.05) is 13.1 Å². The van der Waals surface area contributed by atoms with Crippen molar-refractivity contribution in [2.45, 2.75) is 26.3 Å². The average Bonchev–Trinajstić information content (AvgIpc) is 2.92. The van der Waals surface area contributed by atoms with Gasteiger partial charge >= 0.3 is 0 Å². The zero-order chi connectivity index (χ0) is 13.9. The lowest BCUT2D eigenvalue weighted by Gasteiger charge is -2.26. The summed E-state index contributed by atoms with van der Waals surface area (Å²) in [5, 5.41) is 2.17. The number of hydrogen-bond donors (Lipinski definition) is 0. The van der Waals surface area contributed by atoms with Gasteiger partial charge in [0, 0.05) is 36.5 Å². The number of Topliss-reactive ketones (excluding diaryl/α,β-unsaturated/α-hetero) is 1. The smallest absolute Gasteiger partial charge is 0.164 e. The van der Waals surface area contributed by atoms with Gasteiger partial charge in [-0.25, -0.2) is 0 Å². The summed E-state index contributed by atoms with van der Waals surface area (Å²) >= 11 is 1.86. The third-order valence-electron chi connectivity index (χ3n) is 3.99. The van der Waals surface area contributed by atoms with Gasteiger partial charge in [-0.05, 0) is 35.9 Å². The topological polar surface area (TPSA) is 20.3 Å². The Labute approximate surface area is 124 Å². The van der Waals surface area contributed by atoms with Crippen LogP contribution >= 0.6 is 11.3 Å². The fourth-order valence-electron chi connectivity index (χ4n) is 2.78. The third-order valence-corrected chi connectivity index (χ3v) is 5.01. The summed E-state index contributed by atoms with van der Waals surface area (Å²) in [5.74, 6) is 0.263. The Balaban J connectivity index is 1.58. The van der Waals surface area contributed by atoms with Crippen LogP contribution in [-0.4, -0.2) is 23.8 Å². The van der Waals surface area contributed by atoms with Gasteiger partial charge < -0.3 is 0 Å². The quantitative estimate of drug-likeness (QED) is 0.799. The van der Waals surface area contributed by atoms with E-state index in [0.717, 1.165) is 37.2 Å². The third kappa shape index (κ3) is 2.84. The fourth-order valence-corrected chi connectivity index (χ4v) is 3.67. The molecule has 0 saturated heterocycles. The van der Waals surface area contributed by atoms with Gasteiger partial charge in [0.15, 0.2) is 5.78 Å². The second-order valence-electron chi connectivity index (χ2n) is 5.38. The number of aryl methyl sites for hydroxylation is 1. The molecule has 0 fully saturated rings. The zero-order valence-electron chi connectivity index (χ0n) is 11.8. The van der Waals surface area contributed by atoms with Crippen LogP contribution in [0.4, 0.5) is 0 Å². The van der Waals surface area contributed by atoms with E-state index in [1.807, 2.05) is 42.5 Å². The number of hydrogen-bond acceptors (Lipinski definition) is 3. The van der Waals surface area contributed by atoms with Crippen LogP contribution in [0, 0.1) is 6.92 Å². The first-order valence-corrected chi connectivity index (χ1v) is 7.98. The van der Waals surface area contributed by atoms with Gasteiger partial charge in [0.1, 0.15) is 0 Å². The van der Waals surface area contributed by atoms with E-state index >= 15 is 0 Å². The molecule has 0 saturated carbocycles. The highest BCUT2D eigenvalue weighted by molar-refractivity contribution is 7.10. The van der Waals surface area contributed by atoms with E-state index in [1.165, 1.54) is 10.4 Å². The molecule has 0 N–H and O–H groups in total. The lowest BCUT2D eigenvalue weighted by atomic mass is 10.0. The molecule has 2 nitrogen and oxygen atoms in total. The van der Waals surface area contributed by atoms with Gasteiger partial charge in [0.25, 0.3) is 0 Å².